The highest BCUT2D eigenvalue weighted by atomic mass is 16.5. The van der Waals surface area contributed by atoms with Crippen LogP contribution in [0.4, 0.5) is 0 Å². The van der Waals surface area contributed by atoms with Crippen molar-refractivity contribution in [3.63, 3.8) is 0 Å². The number of ether oxygens (including phenoxy) is 1. The van der Waals surface area contributed by atoms with Gasteiger partial charge in [-0.2, -0.15) is 5.10 Å². The van der Waals surface area contributed by atoms with Crippen LogP contribution < -0.4 is 4.74 Å². The predicted octanol–water partition coefficient (Wildman–Crippen LogP) is 2.16. The quantitative estimate of drug-likeness (QED) is 0.803. The first-order valence-electron chi connectivity index (χ1n) is 10.7. The number of aliphatic hydroxyl groups excluding tert-OH is 1. The summed E-state index contributed by atoms with van der Waals surface area (Å²) in [7, 11) is 1.67. The fourth-order valence-electron chi connectivity index (χ4n) is 5.06. The Hall–Kier alpha value is -1.96. The maximum atomic E-state index is 10.6. The zero-order chi connectivity index (χ0) is 20.3. The number of β-amino-alcohol motifs (C(OH)–C–C–N with tert-alkyl or cyclic N) is 1. The Bertz CT molecular complexity index is 800. The van der Waals surface area contributed by atoms with Crippen molar-refractivity contribution >= 4 is 0 Å². The van der Waals surface area contributed by atoms with Gasteiger partial charge in [0, 0.05) is 45.1 Å². The number of methoxy groups -OCH3 is 1. The van der Waals surface area contributed by atoms with E-state index >= 15 is 0 Å². The molecule has 1 N–H and O–H groups in total. The van der Waals surface area contributed by atoms with Crippen LogP contribution >= 0.6 is 0 Å². The molecule has 7 heteroatoms. The highest BCUT2D eigenvalue weighted by Crippen LogP contribution is 2.40. The number of rotatable bonds is 6. The lowest BCUT2D eigenvalue weighted by Gasteiger charge is -2.49. The summed E-state index contributed by atoms with van der Waals surface area (Å²) in [5.41, 5.74) is 2.64. The number of likely N-dealkylation sites (tertiary alicyclic amines) is 2. The molecule has 0 aromatic carbocycles. The summed E-state index contributed by atoms with van der Waals surface area (Å²) >= 11 is 0. The maximum Gasteiger partial charge on any atom is 0.137 e. The van der Waals surface area contributed by atoms with E-state index in [1.165, 1.54) is 5.69 Å². The van der Waals surface area contributed by atoms with Crippen molar-refractivity contribution in [2.24, 2.45) is 5.41 Å². The third-order valence-electron chi connectivity index (χ3n) is 6.51. The Labute approximate surface area is 173 Å². The van der Waals surface area contributed by atoms with Crippen molar-refractivity contribution in [1.82, 2.24) is 24.6 Å². The summed E-state index contributed by atoms with van der Waals surface area (Å²) in [6.45, 7) is 8.76. The molecular weight excluding hydrogens is 366 g/mol. The standard InChI is InChI=1S/C22H33N5O2/c1-3-27-19(4-7-24-27)15-25-8-5-22(6-9-25)11-20(28)16-26(17-22)14-18-10-21(29-2)13-23-12-18/h4,7,10,12-13,20,28H,3,5-6,8-9,11,14-17H2,1-2H3. The molecule has 7 nitrogen and oxygen atoms in total. The molecule has 0 saturated carbocycles. The van der Waals surface area contributed by atoms with E-state index in [1.807, 2.05) is 18.5 Å². The van der Waals surface area contributed by atoms with Crippen LogP contribution in [-0.4, -0.2) is 69.1 Å². The zero-order valence-electron chi connectivity index (χ0n) is 17.6. The number of nitrogens with zero attached hydrogens (tertiary/aromatic N) is 5. The van der Waals surface area contributed by atoms with Crippen molar-refractivity contribution in [2.45, 2.75) is 51.9 Å². The van der Waals surface area contributed by atoms with Gasteiger partial charge in [-0.3, -0.25) is 19.5 Å². The monoisotopic (exact) mass is 399 g/mol. The summed E-state index contributed by atoms with van der Waals surface area (Å²) in [6, 6.07) is 4.17. The van der Waals surface area contributed by atoms with Gasteiger partial charge in [-0.25, -0.2) is 0 Å². The second-order valence-corrected chi connectivity index (χ2v) is 8.68. The molecule has 0 radical (unpaired) electrons. The van der Waals surface area contributed by atoms with Crippen molar-refractivity contribution in [3.8, 4) is 5.75 Å². The Morgan fingerprint density at radius 3 is 2.79 bits per heavy atom. The van der Waals surface area contributed by atoms with Gasteiger partial charge in [0.1, 0.15) is 5.75 Å². The highest BCUT2D eigenvalue weighted by molar-refractivity contribution is 5.23. The summed E-state index contributed by atoms with van der Waals surface area (Å²) in [5.74, 6) is 0.786. The third-order valence-corrected chi connectivity index (χ3v) is 6.51. The van der Waals surface area contributed by atoms with Crippen LogP contribution in [0, 0.1) is 5.41 Å². The van der Waals surface area contributed by atoms with Crippen LogP contribution in [0.25, 0.3) is 0 Å². The van der Waals surface area contributed by atoms with E-state index in [1.54, 1.807) is 13.3 Å². The van der Waals surface area contributed by atoms with E-state index in [0.717, 1.165) is 76.4 Å². The molecule has 1 spiro atoms. The average Bonchev–Trinajstić information content (AvgIpc) is 3.16. The molecule has 2 aromatic rings. The molecule has 2 saturated heterocycles. The number of hydrogen-bond donors (Lipinski definition) is 1. The number of hydrogen-bond acceptors (Lipinski definition) is 6. The van der Waals surface area contributed by atoms with E-state index < -0.39 is 0 Å². The van der Waals surface area contributed by atoms with E-state index in [0.29, 0.717) is 0 Å². The smallest absolute Gasteiger partial charge is 0.137 e. The minimum atomic E-state index is -0.254. The molecule has 2 aliphatic rings. The number of aliphatic hydroxyl groups is 1. The Kier molecular flexibility index (Phi) is 6.18. The van der Waals surface area contributed by atoms with Crippen molar-refractivity contribution < 1.29 is 9.84 Å². The summed E-state index contributed by atoms with van der Waals surface area (Å²) in [5, 5.41) is 15.0. The number of piperidine rings is 2. The van der Waals surface area contributed by atoms with Crippen LogP contribution in [-0.2, 0) is 19.6 Å². The zero-order valence-corrected chi connectivity index (χ0v) is 17.6. The van der Waals surface area contributed by atoms with E-state index in [4.69, 9.17) is 4.74 Å². The minimum Gasteiger partial charge on any atom is -0.495 e. The van der Waals surface area contributed by atoms with E-state index in [2.05, 4.69) is 37.6 Å². The first-order valence-corrected chi connectivity index (χ1v) is 10.7. The number of pyridine rings is 1. The first-order chi connectivity index (χ1) is 14.1. The molecule has 1 unspecified atom stereocenters. The summed E-state index contributed by atoms with van der Waals surface area (Å²) in [6.07, 6.45) is 8.46. The predicted molar refractivity (Wildman–Crippen MR) is 112 cm³/mol. The van der Waals surface area contributed by atoms with Crippen LogP contribution in [0.5, 0.6) is 5.75 Å². The van der Waals surface area contributed by atoms with Crippen LogP contribution in [0.1, 0.15) is 37.4 Å². The molecule has 2 aliphatic heterocycles. The fourth-order valence-corrected chi connectivity index (χ4v) is 5.06. The lowest BCUT2D eigenvalue weighted by atomic mass is 9.71. The second kappa shape index (κ2) is 8.81. The Morgan fingerprint density at radius 2 is 2.03 bits per heavy atom. The normalized spacial score (nSPS) is 22.8. The fraction of sp³-hybridized carbons (Fsp3) is 0.636. The van der Waals surface area contributed by atoms with Crippen molar-refractivity contribution in [3.05, 3.63) is 42.0 Å². The molecule has 4 rings (SSSR count). The molecule has 2 aromatic heterocycles. The lowest BCUT2D eigenvalue weighted by molar-refractivity contribution is -0.0449. The summed E-state index contributed by atoms with van der Waals surface area (Å²) in [4.78, 5) is 9.20. The van der Waals surface area contributed by atoms with Gasteiger partial charge in [-0.05, 0) is 62.4 Å². The van der Waals surface area contributed by atoms with Gasteiger partial charge in [0.15, 0.2) is 0 Å². The topological polar surface area (TPSA) is 66.7 Å². The lowest BCUT2D eigenvalue weighted by Crippen LogP contribution is -2.53. The number of aryl methyl sites for hydroxylation is 1. The molecule has 29 heavy (non-hydrogen) atoms. The Morgan fingerprint density at radius 1 is 1.21 bits per heavy atom. The maximum absolute atomic E-state index is 10.6. The molecule has 0 bridgehead atoms. The Balaban J connectivity index is 1.36. The van der Waals surface area contributed by atoms with Crippen LogP contribution in [0.15, 0.2) is 30.7 Å². The van der Waals surface area contributed by atoms with Gasteiger partial charge in [0.25, 0.3) is 0 Å². The minimum absolute atomic E-state index is 0.214. The molecule has 4 heterocycles. The molecule has 2 fully saturated rings. The van der Waals surface area contributed by atoms with Gasteiger partial charge in [-0.15, -0.1) is 0 Å². The van der Waals surface area contributed by atoms with Crippen LogP contribution in [0.3, 0.4) is 0 Å². The van der Waals surface area contributed by atoms with Crippen molar-refractivity contribution in [2.75, 3.05) is 33.3 Å². The van der Waals surface area contributed by atoms with Crippen molar-refractivity contribution in [1.29, 1.82) is 0 Å². The molecule has 0 aliphatic carbocycles. The third kappa shape index (κ3) is 4.79. The van der Waals surface area contributed by atoms with Gasteiger partial charge in [-0.1, -0.05) is 0 Å². The van der Waals surface area contributed by atoms with Gasteiger partial charge < -0.3 is 9.84 Å². The first kappa shape index (κ1) is 20.3. The van der Waals surface area contributed by atoms with Gasteiger partial charge >= 0.3 is 0 Å². The summed E-state index contributed by atoms with van der Waals surface area (Å²) < 4.78 is 7.39. The SMILES string of the molecule is CCn1nccc1CN1CCC2(CC1)CC(O)CN(Cc1cncc(OC)c1)C2. The van der Waals surface area contributed by atoms with E-state index in [9.17, 15) is 5.11 Å². The van der Waals surface area contributed by atoms with Crippen LogP contribution in [0.2, 0.25) is 0 Å². The van der Waals surface area contributed by atoms with Gasteiger partial charge in [0.05, 0.1) is 25.1 Å². The molecule has 0 amide bonds. The average molecular weight is 400 g/mol. The molecule has 1 atom stereocenters. The number of aromatic nitrogens is 3. The molecular formula is C22H33N5O2. The molecule has 158 valence electrons. The highest BCUT2D eigenvalue weighted by Gasteiger charge is 2.41. The largest absolute Gasteiger partial charge is 0.495 e. The van der Waals surface area contributed by atoms with E-state index in [-0.39, 0.29) is 11.5 Å². The van der Waals surface area contributed by atoms with Gasteiger partial charge in [0.2, 0.25) is 0 Å². The second-order valence-electron chi connectivity index (χ2n) is 8.68.